The maximum atomic E-state index is 3.64. The van der Waals surface area contributed by atoms with Gasteiger partial charge in [-0.1, -0.05) is 45.4 Å². The number of nitrogens with one attached hydrogen (secondary N) is 1. The summed E-state index contributed by atoms with van der Waals surface area (Å²) in [6, 6.07) is 0.666. The Morgan fingerprint density at radius 1 is 1.00 bits per heavy atom. The summed E-state index contributed by atoms with van der Waals surface area (Å²) >= 11 is 0. The Kier molecular flexibility index (Phi) is 7.87. The summed E-state index contributed by atoms with van der Waals surface area (Å²) in [7, 11) is 0. The molecule has 0 bridgehead atoms. The zero-order chi connectivity index (χ0) is 11.6. The van der Waals surface area contributed by atoms with E-state index in [1.165, 1.54) is 70.9 Å². The van der Waals surface area contributed by atoms with Crippen molar-refractivity contribution in [1.82, 2.24) is 10.4 Å². The Labute approximate surface area is 102 Å². The van der Waals surface area contributed by atoms with E-state index in [0.29, 0.717) is 6.04 Å². The monoisotopic (exact) mass is 226 g/mol. The number of hydrazine groups is 1. The Hall–Kier alpha value is -0.0800. The van der Waals surface area contributed by atoms with Crippen LogP contribution in [0.5, 0.6) is 0 Å². The molecule has 1 aliphatic rings. The lowest BCUT2D eigenvalue weighted by Gasteiger charge is -2.30. The number of nitrogens with zero attached hydrogens (tertiary/aromatic N) is 1. The van der Waals surface area contributed by atoms with Crippen molar-refractivity contribution in [1.29, 1.82) is 0 Å². The molecule has 0 aliphatic carbocycles. The van der Waals surface area contributed by atoms with Gasteiger partial charge in [0.1, 0.15) is 0 Å². The molecule has 2 heteroatoms. The first kappa shape index (κ1) is 14.0. The molecule has 96 valence electrons. The lowest BCUT2D eigenvalue weighted by atomic mass is 10.1. The Morgan fingerprint density at radius 2 is 1.69 bits per heavy atom. The molecule has 1 N–H and O–H groups in total. The molecule has 1 aliphatic heterocycles. The molecule has 0 aromatic carbocycles. The highest BCUT2D eigenvalue weighted by Crippen LogP contribution is 2.10. The van der Waals surface area contributed by atoms with Crippen LogP contribution in [0.3, 0.4) is 0 Å². The van der Waals surface area contributed by atoms with E-state index in [0.717, 1.165) is 0 Å². The molecule has 1 unspecified atom stereocenters. The molecule has 0 saturated carbocycles. The highest BCUT2D eigenvalue weighted by Gasteiger charge is 2.11. The number of piperidine rings is 1. The van der Waals surface area contributed by atoms with Gasteiger partial charge in [-0.15, -0.1) is 0 Å². The van der Waals surface area contributed by atoms with Gasteiger partial charge in [0.2, 0.25) is 0 Å². The predicted octanol–water partition coefficient (Wildman–Crippen LogP) is 3.73. The summed E-state index contributed by atoms with van der Waals surface area (Å²) in [6.07, 6.45) is 12.5. The van der Waals surface area contributed by atoms with Crippen LogP contribution in [0.25, 0.3) is 0 Å². The van der Waals surface area contributed by atoms with E-state index in [-0.39, 0.29) is 0 Å². The molecule has 1 rings (SSSR count). The van der Waals surface area contributed by atoms with Crippen molar-refractivity contribution in [2.45, 2.75) is 77.7 Å². The van der Waals surface area contributed by atoms with Gasteiger partial charge in [0.15, 0.2) is 0 Å². The SMILES string of the molecule is CCCCCCCC(C)NN1CCCCC1. The largest absolute Gasteiger partial charge is 0.252 e. The number of hydrogen-bond donors (Lipinski definition) is 1. The molecule has 0 aromatic heterocycles. The summed E-state index contributed by atoms with van der Waals surface area (Å²) in [6.45, 7) is 7.11. The van der Waals surface area contributed by atoms with E-state index in [9.17, 15) is 0 Å². The Balaban J connectivity index is 1.95. The highest BCUT2D eigenvalue weighted by molar-refractivity contribution is 4.65. The smallest absolute Gasteiger partial charge is 0.0187 e. The normalized spacial score (nSPS) is 19.9. The minimum atomic E-state index is 0.666. The van der Waals surface area contributed by atoms with Crippen molar-refractivity contribution in [3.63, 3.8) is 0 Å². The Bertz CT molecular complexity index is 153. The predicted molar refractivity (Wildman–Crippen MR) is 71.4 cm³/mol. The summed E-state index contributed by atoms with van der Waals surface area (Å²) in [5.41, 5.74) is 3.64. The minimum Gasteiger partial charge on any atom is -0.252 e. The molecule has 1 heterocycles. The van der Waals surface area contributed by atoms with Crippen molar-refractivity contribution in [2.75, 3.05) is 13.1 Å². The third kappa shape index (κ3) is 6.49. The van der Waals surface area contributed by atoms with Crippen molar-refractivity contribution < 1.29 is 0 Å². The van der Waals surface area contributed by atoms with Crippen molar-refractivity contribution in [3.8, 4) is 0 Å². The molecule has 0 spiro atoms. The van der Waals surface area contributed by atoms with Gasteiger partial charge in [0.25, 0.3) is 0 Å². The number of rotatable bonds is 8. The van der Waals surface area contributed by atoms with Gasteiger partial charge < -0.3 is 0 Å². The van der Waals surface area contributed by atoms with Gasteiger partial charge in [-0.3, -0.25) is 5.43 Å². The van der Waals surface area contributed by atoms with Gasteiger partial charge in [-0.05, 0) is 26.2 Å². The highest BCUT2D eigenvalue weighted by atomic mass is 15.5. The van der Waals surface area contributed by atoms with Crippen LogP contribution in [-0.2, 0) is 0 Å². The minimum absolute atomic E-state index is 0.666. The molecule has 0 amide bonds. The van der Waals surface area contributed by atoms with Crippen LogP contribution < -0.4 is 5.43 Å². The van der Waals surface area contributed by atoms with Gasteiger partial charge in [-0.25, -0.2) is 5.01 Å². The van der Waals surface area contributed by atoms with Gasteiger partial charge >= 0.3 is 0 Å². The third-order valence-electron chi connectivity index (χ3n) is 3.50. The standard InChI is InChI=1S/C14H30N2/c1-3-4-5-6-8-11-14(2)15-16-12-9-7-10-13-16/h14-15H,3-13H2,1-2H3. The van der Waals surface area contributed by atoms with E-state index >= 15 is 0 Å². The zero-order valence-electron chi connectivity index (χ0n) is 11.3. The first-order chi connectivity index (χ1) is 7.83. The molecule has 2 nitrogen and oxygen atoms in total. The maximum Gasteiger partial charge on any atom is 0.0187 e. The lowest BCUT2D eigenvalue weighted by molar-refractivity contribution is 0.129. The summed E-state index contributed by atoms with van der Waals surface area (Å²) in [4.78, 5) is 0. The van der Waals surface area contributed by atoms with Crippen LogP contribution in [-0.4, -0.2) is 24.1 Å². The molecule has 1 atom stereocenters. The van der Waals surface area contributed by atoms with Gasteiger partial charge in [0.05, 0.1) is 0 Å². The summed E-state index contributed by atoms with van der Waals surface area (Å²) in [5, 5.41) is 2.43. The van der Waals surface area contributed by atoms with Crippen LogP contribution in [0.1, 0.15) is 71.6 Å². The molecular formula is C14H30N2. The van der Waals surface area contributed by atoms with Crippen molar-refractivity contribution in [3.05, 3.63) is 0 Å². The summed E-state index contributed by atoms with van der Waals surface area (Å²) < 4.78 is 0. The topological polar surface area (TPSA) is 15.3 Å². The summed E-state index contributed by atoms with van der Waals surface area (Å²) in [5.74, 6) is 0. The van der Waals surface area contributed by atoms with Gasteiger partial charge in [0, 0.05) is 19.1 Å². The fraction of sp³-hybridized carbons (Fsp3) is 1.00. The molecular weight excluding hydrogens is 196 g/mol. The first-order valence-corrected chi connectivity index (χ1v) is 7.34. The van der Waals surface area contributed by atoms with Crippen LogP contribution >= 0.6 is 0 Å². The van der Waals surface area contributed by atoms with Crippen LogP contribution in [0, 0.1) is 0 Å². The van der Waals surface area contributed by atoms with E-state index in [1.54, 1.807) is 0 Å². The van der Waals surface area contributed by atoms with E-state index < -0.39 is 0 Å². The maximum absolute atomic E-state index is 3.64. The van der Waals surface area contributed by atoms with E-state index in [2.05, 4.69) is 24.3 Å². The van der Waals surface area contributed by atoms with Crippen molar-refractivity contribution in [2.24, 2.45) is 0 Å². The average molecular weight is 226 g/mol. The third-order valence-corrected chi connectivity index (χ3v) is 3.50. The molecule has 0 aromatic rings. The quantitative estimate of drug-likeness (QED) is 0.634. The van der Waals surface area contributed by atoms with Crippen molar-refractivity contribution >= 4 is 0 Å². The van der Waals surface area contributed by atoms with Crippen LogP contribution in [0.2, 0.25) is 0 Å². The number of hydrogen-bond acceptors (Lipinski definition) is 2. The second-order valence-electron chi connectivity index (χ2n) is 5.28. The zero-order valence-corrected chi connectivity index (χ0v) is 11.3. The fourth-order valence-corrected chi connectivity index (χ4v) is 2.45. The van der Waals surface area contributed by atoms with Crippen LogP contribution in [0.4, 0.5) is 0 Å². The fourth-order valence-electron chi connectivity index (χ4n) is 2.45. The molecule has 16 heavy (non-hydrogen) atoms. The van der Waals surface area contributed by atoms with Gasteiger partial charge in [-0.2, -0.15) is 0 Å². The molecule has 1 saturated heterocycles. The van der Waals surface area contributed by atoms with Crippen LogP contribution in [0.15, 0.2) is 0 Å². The molecule has 0 radical (unpaired) electrons. The second-order valence-corrected chi connectivity index (χ2v) is 5.28. The van der Waals surface area contributed by atoms with E-state index in [1.807, 2.05) is 0 Å². The molecule has 1 fully saturated rings. The first-order valence-electron chi connectivity index (χ1n) is 7.34. The Morgan fingerprint density at radius 3 is 2.38 bits per heavy atom. The number of unbranched alkanes of at least 4 members (excludes halogenated alkanes) is 4. The average Bonchev–Trinajstić information content (AvgIpc) is 2.30. The van der Waals surface area contributed by atoms with E-state index in [4.69, 9.17) is 0 Å². The second kappa shape index (κ2) is 9.00. The lowest BCUT2D eigenvalue weighted by Crippen LogP contribution is -2.46.